The van der Waals surface area contributed by atoms with Crippen LogP contribution in [0.15, 0.2) is 76.8 Å². The van der Waals surface area contributed by atoms with Gasteiger partial charge in [0.1, 0.15) is 10.6 Å². The van der Waals surface area contributed by atoms with Gasteiger partial charge < -0.3 is 4.74 Å². The minimum absolute atomic E-state index is 0.0523. The van der Waals surface area contributed by atoms with Gasteiger partial charge in [0.25, 0.3) is 20.0 Å². The fraction of sp³-hybridized carbons (Fsp3) is 0.190. The van der Waals surface area contributed by atoms with Crippen molar-refractivity contribution in [1.29, 1.82) is 0 Å². The number of methoxy groups -OCH3 is 1. The van der Waals surface area contributed by atoms with E-state index in [0.717, 1.165) is 5.56 Å². The molecule has 0 aliphatic carbocycles. The predicted octanol–water partition coefficient (Wildman–Crippen LogP) is 3.03. The average Bonchev–Trinajstić information content (AvgIpc) is 2.79. The molecule has 8 nitrogen and oxygen atoms in total. The number of aryl methyl sites for hydroxylation is 1. The van der Waals surface area contributed by atoms with Gasteiger partial charge >= 0.3 is 0 Å². The lowest BCUT2D eigenvalue weighted by Gasteiger charge is -2.31. The molecule has 0 spiro atoms. The Labute approximate surface area is 181 Å². The third kappa shape index (κ3) is 4.21. The van der Waals surface area contributed by atoms with Gasteiger partial charge in [-0.3, -0.25) is 14.0 Å². The van der Waals surface area contributed by atoms with E-state index in [-0.39, 0.29) is 9.79 Å². The summed E-state index contributed by atoms with van der Waals surface area (Å²) < 4.78 is 60.6. The molecule has 0 saturated heterocycles. The molecule has 0 radical (unpaired) electrons. The predicted molar refractivity (Wildman–Crippen MR) is 117 cm³/mol. The molecule has 10 heteroatoms. The Morgan fingerprint density at radius 1 is 1.00 bits per heavy atom. The quantitative estimate of drug-likeness (QED) is 0.607. The van der Waals surface area contributed by atoms with Crippen LogP contribution in [-0.4, -0.2) is 35.5 Å². The van der Waals surface area contributed by atoms with Crippen LogP contribution in [0.25, 0.3) is 0 Å². The Morgan fingerprint density at radius 2 is 1.77 bits per heavy atom. The Balaban J connectivity index is 1.64. The second kappa shape index (κ2) is 8.20. The number of anilines is 2. The number of pyridine rings is 1. The van der Waals surface area contributed by atoms with E-state index in [1.165, 1.54) is 42.0 Å². The maximum absolute atomic E-state index is 13.2. The fourth-order valence-electron chi connectivity index (χ4n) is 3.47. The second-order valence-electron chi connectivity index (χ2n) is 6.99. The van der Waals surface area contributed by atoms with Gasteiger partial charge in [0.2, 0.25) is 0 Å². The van der Waals surface area contributed by atoms with E-state index in [1.807, 2.05) is 0 Å². The molecule has 1 aliphatic rings. The van der Waals surface area contributed by atoms with E-state index < -0.39 is 20.0 Å². The minimum atomic E-state index is -3.79. The van der Waals surface area contributed by atoms with E-state index in [0.29, 0.717) is 36.5 Å². The van der Waals surface area contributed by atoms with Crippen LogP contribution in [0.2, 0.25) is 0 Å². The molecule has 4 rings (SSSR count). The van der Waals surface area contributed by atoms with E-state index >= 15 is 0 Å². The smallest absolute Gasteiger partial charge is 0.264 e. The third-order valence-corrected chi connectivity index (χ3v) is 8.19. The fourth-order valence-corrected chi connectivity index (χ4v) is 6.02. The number of hydrogen-bond donors (Lipinski definition) is 1. The molecule has 2 aromatic carbocycles. The van der Waals surface area contributed by atoms with Gasteiger partial charge in [-0.05, 0) is 73.0 Å². The number of ether oxygens (including phenoxy) is 1. The Morgan fingerprint density at radius 3 is 2.45 bits per heavy atom. The first-order chi connectivity index (χ1) is 14.8. The van der Waals surface area contributed by atoms with Gasteiger partial charge in [-0.25, -0.2) is 16.8 Å². The van der Waals surface area contributed by atoms with Gasteiger partial charge in [0, 0.05) is 24.6 Å². The Bertz CT molecular complexity index is 1290. The standard InChI is InChI=1S/C21H21N3O5S2/c1-29-18-7-9-19(10-8-18)31(27,28)24-13-3-4-16-14-17(6-11-21(16)24)23-30(25,26)20-5-2-12-22-15-20/h2,5-12,14-15,23H,3-4,13H2,1H3. The third-order valence-electron chi connectivity index (χ3n) is 5.00. The summed E-state index contributed by atoms with van der Waals surface area (Å²) in [5, 5.41) is 0. The first kappa shape index (κ1) is 21.1. The summed E-state index contributed by atoms with van der Waals surface area (Å²) in [5.41, 5.74) is 1.67. The van der Waals surface area contributed by atoms with Crippen LogP contribution in [-0.2, 0) is 26.5 Å². The van der Waals surface area contributed by atoms with Crippen LogP contribution >= 0.6 is 0 Å². The molecule has 162 valence electrons. The highest BCUT2D eigenvalue weighted by atomic mass is 32.2. The van der Waals surface area contributed by atoms with Crippen molar-refractivity contribution in [3.63, 3.8) is 0 Å². The van der Waals surface area contributed by atoms with Gasteiger partial charge in [-0.2, -0.15) is 0 Å². The molecule has 0 unspecified atom stereocenters. The summed E-state index contributed by atoms with van der Waals surface area (Å²) in [6.07, 6.45) is 4.04. The second-order valence-corrected chi connectivity index (χ2v) is 10.5. The van der Waals surface area contributed by atoms with Crippen molar-refractivity contribution in [2.45, 2.75) is 22.6 Å². The van der Waals surface area contributed by atoms with Crippen molar-refractivity contribution in [3.8, 4) is 5.75 Å². The van der Waals surface area contributed by atoms with Gasteiger partial charge in [0.05, 0.1) is 17.7 Å². The van der Waals surface area contributed by atoms with Crippen LogP contribution in [0.5, 0.6) is 5.75 Å². The molecule has 3 aromatic rings. The van der Waals surface area contributed by atoms with E-state index in [1.54, 1.807) is 36.4 Å². The largest absolute Gasteiger partial charge is 0.497 e. The highest BCUT2D eigenvalue weighted by Crippen LogP contribution is 2.34. The van der Waals surface area contributed by atoms with Gasteiger partial charge in [-0.15, -0.1) is 0 Å². The summed E-state index contributed by atoms with van der Waals surface area (Å²) in [6, 6.07) is 14.1. The van der Waals surface area contributed by atoms with Crippen LogP contribution in [0.3, 0.4) is 0 Å². The Kier molecular flexibility index (Phi) is 5.59. The van der Waals surface area contributed by atoms with E-state index in [2.05, 4.69) is 9.71 Å². The summed E-state index contributed by atoms with van der Waals surface area (Å²) in [5.74, 6) is 0.573. The number of fused-ring (bicyclic) bond motifs is 1. The molecular weight excluding hydrogens is 438 g/mol. The monoisotopic (exact) mass is 459 g/mol. The molecule has 1 N–H and O–H groups in total. The number of benzene rings is 2. The number of nitrogens with zero attached hydrogens (tertiary/aromatic N) is 2. The number of nitrogens with one attached hydrogen (secondary N) is 1. The van der Waals surface area contributed by atoms with Crippen molar-refractivity contribution < 1.29 is 21.6 Å². The molecular formula is C21H21N3O5S2. The van der Waals surface area contributed by atoms with Crippen LogP contribution < -0.4 is 13.8 Å². The molecule has 1 aromatic heterocycles. The van der Waals surface area contributed by atoms with Gasteiger partial charge in [0.15, 0.2) is 0 Å². The van der Waals surface area contributed by atoms with Crippen molar-refractivity contribution >= 4 is 31.4 Å². The van der Waals surface area contributed by atoms with Crippen molar-refractivity contribution in [3.05, 3.63) is 72.6 Å². The summed E-state index contributed by atoms with van der Waals surface area (Å²) >= 11 is 0. The average molecular weight is 460 g/mol. The number of sulfonamides is 2. The number of hydrogen-bond acceptors (Lipinski definition) is 6. The molecule has 1 aliphatic heterocycles. The van der Waals surface area contributed by atoms with Crippen LogP contribution in [0.4, 0.5) is 11.4 Å². The molecule has 0 fully saturated rings. The number of rotatable bonds is 6. The zero-order valence-corrected chi connectivity index (χ0v) is 18.4. The van der Waals surface area contributed by atoms with Crippen LogP contribution in [0.1, 0.15) is 12.0 Å². The normalized spacial score (nSPS) is 14.0. The zero-order chi connectivity index (χ0) is 22.1. The van der Waals surface area contributed by atoms with Crippen molar-refractivity contribution in [1.82, 2.24) is 4.98 Å². The lowest BCUT2D eigenvalue weighted by atomic mass is 10.0. The first-order valence-corrected chi connectivity index (χ1v) is 12.5. The highest BCUT2D eigenvalue weighted by molar-refractivity contribution is 7.93. The summed E-state index contributed by atoms with van der Waals surface area (Å²) in [6.45, 7) is 0.349. The molecule has 0 amide bonds. The first-order valence-electron chi connectivity index (χ1n) is 9.54. The molecule has 0 saturated carbocycles. The summed E-state index contributed by atoms with van der Waals surface area (Å²) in [7, 11) is -6.03. The molecule has 0 bridgehead atoms. The summed E-state index contributed by atoms with van der Waals surface area (Å²) in [4.78, 5) is 4.06. The van der Waals surface area contributed by atoms with Crippen molar-refractivity contribution in [2.24, 2.45) is 0 Å². The molecule has 31 heavy (non-hydrogen) atoms. The number of aromatic nitrogens is 1. The zero-order valence-electron chi connectivity index (χ0n) is 16.7. The maximum Gasteiger partial charge on any atom is 0.264 e. The lowest BCUT2D eigenvalue weighted by molar-refractivity contribution is 0.414. The Hall–Kier alpha value is -3.11. The topological polar surface area (TPSA) is 106 Å². The minimum Gasteiger partial charge on any atom is -0.497 e. The maximum atomic E-state index is 13.2. The van der Waals surface area contributed by atoms with E-state index in [4.69, 9.17) is 4.74 Å². The SMILES string of the molecule is COc1ccc(S(=O)(=O)N2CCCc3cc(NS(=O)(=O)c4cccnc4)ccc32)cc1. The molecule has 2 heterocycles. The van der Waals surface area contributed by atoms with Crippen LogP contribution in [0, 0.1) is 0 Å². The van der Waals surface area contributed by atoms with Gasteiger partial charge in [-0.1, -0.05) is 0 Å². The molecule has 0 atom stereocenters. The highest BCUT2D eigenvalue weighted by Gasteiger charge is 2.29. The van der Waals surface area contributed by atoms with E-state index in [9.17, 15) is 16.8 Å². The van der Waals surface area contributed by atoms with Crippen molar-refractivity contribution in [2.75, 3.05) is 22.7 Å². The lowest BCUT2D eigenvalue weighted by Crippen LogP contribution is -2.35.